The summed E-state index contributed by atoms with van der Waals surface area (Å²) in [5.41, 5.74) is 0.839. The van der Waals surface area contributed by atoms with Crippen LogP contribution in [-0.2, 0) is 4.74 Å². The molecule has 0 aromatic heterocycles. The van der Waals surface area contributed by atoms with Crippen molar-refractivity contribution in [3.8, 4) is 0 Å². The minimum absolute atomic E-state index is 0.172. The molecule has 0 aliphatic carbocycles. The molecule has 204 valence electrons. The highest BCUT2D eigenvalue weighted by Crippen LogP contribution is 2.24. The van der Waals surface area contributed by atoms with Crippen molar-refractivity contribution in [3.05, 3.63) is 79.9 Å². The molecule has 0 aliphatic heterocycles. The van der Waals surface area contributed by atoms with E-state index in [0.29, 0.717) is 0 Å². The average molecular weight is 526 g/mol. The molecule has 0 bridgehead atoms. The molecule has 0 heterocycles. The van der Waals surface area contributed by atoms with E-state index in [0.717, 1.165) is 10.0 Å². The van der Waals surface area contributed by atoms with Crippen LogP contribution in [0.1, 0.15) is 23.3 Å². The first-order chi connectivity index (χ1) is 17.6. The summed E-state index contributed by atoms with van der Waals surface area (Å²) in [7, 11) is 0. The van der Waals surface area contributed by atoms with Crippen LogP contribution < -0.4 is 10.0 Å². The predicted octanol–water partition coefficient (Wildman–Crippen LogP) is -0.827. The van der Waals surface area contributed by atoms with E-state index >= 15 is 0 Å². The molecular formula is C22H30N4O11. The Hall–Kier alpha value is -3.44. The second-order valence-electron chi connectivity index (χ2n) is 7.91. The highest BCUT2D eigenvalue weighted by atomic mass is 16.7. The number of anilines is 2. The lowest BCUT2D eigenvalue weighted by Gasteiger charge is -2.22. The molecule has 4 unspecified atom stereocenters. The summed E-state index contributed by atoms with van der Waals surface area (Å²) in [6, 6.07) is 10.9. The van der Waals surface area contributed by atoms with Crippen LogP contribution in [0.25, 0.3) is 0 Å². The van der Waals surface area contributed by atoms with Crippen molar-refractivity contribution in [2.75, 3.05) is 49.5 Å². The van der Waals surface area contributed by atoms with Gasteiger partial charge in [-0.1, -0.05) is 34.3 Å². The van der Waals surface area contributed by atoms with Crippen LogP contribution in [0.4, 0.5) is 11.4 Å². The number of ether oxygens (including phenoxy) is 1. The zero-order valence-corrected chi connectivity index (χ0v) is 19.7. The standard InChI is InChI=1S/C22H30N4O11/c27-11-9-23(25(33)34)17-5-1-15(2-6-17)21(31)19(29)13-37-14-20(30)22(32)16-3-7-18(8-4-16)24(10-12-28)26(35)36/h1-8,19-22,27-32H,9-14H2. The van der Waals surface area contributed by atoms with E-state index < -0.39 is 60.9 Å². The van der Waals surface area contributed by atoms with E-state index in [1.807, 2.05) is 0 Å². The molecule has 0 spiro atoms. The average Bonchev–Trinajstić information content (AvgIpc) is 2.89. The monoisotopic (exact) mass is 526 g/mol. The van der Waals surface area contributed by atoms with Crippen LogP contribution in [0, 0.1) is 20.2 Å². The molecule has 15 nitrogen and oxygen atoms in total. The van der Waals surface area contributed by atoms with Gasteiger partial charge in [0, 0.05) is 0 Å². The molecule has 0 amide bonds. The highest BCUT2D eigenvalue weighted by molar-refractivity contribution is 5.46. The minimum Gasteiger partial charge on any atom is -0.394 e. The number of hydrogen-bond acceptors (Lipinski definition) is 11. The minimum atomic E-state index is -1.42. The van der Waals surface area contributed by atoms with Crippen molar-refractivity contribution < 1.29 is 45.4 Å². The number of aliphatic hydroxyl groups excluding tert-OH is 6. The Kier molecular flexibility index (Phi) is 11.5. The van der Waals surface area contributed by atoms with E-state index in [9.17, 15) is 40.7 Å². The molecule has 0 fully saturated rings. The summed E-state index contributed by atoms with van der Waals surface area (Å²) < 4.78 is 5.22. The van der Waals surface area contributed by atoms with Crippen molar-refractivity contribution in [1.82, 2.24) is 0 Å². The van der Waals surface area contributed by atoms with E-state index in [2.05, 4.69) is 0 Å². The summed E-state index contributed by atoms with van der Waals surface area (Å²) in [6.07, 6.45) is -5.65. The van der Waals surface area contributed by atoms with Crippen molar-refractivity contribution >= 4 is 11.4 Å². The zero-order valence-electron chi connectivity index (χ0n) is 19.7. The van der Waals surface area contributed by atoms with Gasteiger partial charge in [-0.3, -0.25) is 0 Å². The van der Waals surface area contributed by atoms with Gasteiger partial charge in [-0.25, -0.2) is 20.2 Å². The molecule has 0 saturated carbocycles. The van der Waals surface area contributed by atoms with Crippen molar-refractivity contribution in [2.45, 2.75) is 24.4 Å². The number of nitro groups is 2. The molecule has 2 rings (SSSR count). The van der Waals surface area contributed by atoms with Gasteiger partial charge in [-0.15, -0.1) is 0 Å². The molecule has 4 atom stereocenters. The fraction of sp³-hybridized carbons (Fsp3) is 0.455. The first kappa shape index (κ1) is 29.8. The summed E-state index contributed by atoms with van der Waals surface area (Å²) in [6.45, 7) is -2.14. The molecular weight excluding hydrogens is 496 g/mol. The molecule has 6 N–H and O–H groups in total. The van der Waals surface area contributed by atoms with Crippen LogP contribution in [-0.4, -0.2) is 92.4 Å². The number of hydrogen-bond donors (Lipinski definition) is 6. The molecule has 37 heavy (non-hydrogen) atoms. The Morgan fingerprint density at radius 3 is 1.27 bits per heavy atom. The number of hydrazine groups is 2. The predicted molar refractivity (Wildman–Crippen MR) is 128 cm³/mol. The van der Waals surface area contributed by atoms with Crippen LogP contribution in [0.2, 0.25) is 0 Å². The molecule has 0 aliphatic rings. The van der Waals surface area contributed by atoms with Gasteiger partial charge >= 0.3 is 0 Å². The summed E-state index contributed by atoms with van der Waals surface area (Å²) in [5, 5.41) is 81.2. The second kappa shape index (κ2) is 14.3. The van der Waals surface area contributed by atoms with E-state index in [1.54, 1.807) is 0 Å². The Bertz CT molecular complexity index is 914. The fourth-order valence-electron chi connectivity index (χ4n) is 3.42. The summed E-state index contributed by atoms with van der Waals surface area (Å²) in [5.74, 6) is 0. The maximum Gasteiger partial charge on any atom is 0.165 e. The molecule has 15 heteroatoms. The van der Waals surface area contributed by atoms with Gasteiger partial charge in [0.25, 0.3) is 0 Å². The SMILES string of the molecule is O=[N+]([O-])N(CCO)c1ccc(C(O)C(O)COCC(O)C(O)c2ccc(N(CCO)[N+](=O)[O-])cc2)cc1. The smallest absolute Gasteiger partial charge is 0.165 e. The second-order valence-corrected chi connectivity index (χ2v) is 7.91. The largest absolute Gasteiger partial charge is 0.394 e. The topological polar surface area (TPSA) is 223 Å². The van der Waals surface area contributed by atoms with E-state index in [1.165, 1.54) is 48.5 Å². The van der Waals surface area contributed by atoms with Crippen molar-refractivity contribution in [2.24, 2.45) is 0 Å². The maximum atomic E-state index is 11.1. The van der Waals surface area contributed by atoms with Gasteiger partial charge in [-0.05, 0) is 35.4 Å². The maximum absolute atomic E-state index is 11.1. The number of rotatable bonds is 16. The first-order valence-electron chi connectivity index (χ1n) is 11.2. The normalized spacial score (nSPS) is 14.4. The van der Waals surface area contributed by atoms with Crippen LogP contribution >= 0.6 is 0 Å². The molecule has 2 aromatic carbocycles. The Balaban J connectivity index is 1.89. The Morgan fingerprint density at radius 2 is 1.00 bits per heavy atom. The Labute approximate surface area is 211 Å². The Morgan fingerprint density at radius 1 is 0.676 bits per heavy atom. The number of benzene rings is 2. The van der Waals surface area contributed by atoms with Gasteiger partial charge in [0.15, 0.2) is 10.1 Å². The molecule has 0 radical (unpaired) electrons. The van der Waals surface area contributed by atoms with Gasteiger partial charge in [-0.2, -0.15) is 0 Å². The van der Waals surface area contributed by atoms with E-state index in [4.69, 9.17) is 14.9 Å². The molecule has 0 saturated heterocycles. The zero-order chi connectivity index (χ0) is 27.5. The lowest BCUT2D eigenvalue weighted by Crippen LogP contribution is -2.32. The fourth-order valence-corrected chi connectivity index (χ4v) is 3.42. The molecule has 2 aromatic rings. The highest BCUT2D eigenvalue weighted by Gasteiger charge is 2.24. The van der Waals surface area contributed by atoms with E-state index in [-0.39, 0.29) is 35.6 Å². The number of aliphatic hydroxyl groups is 6. The van der Waals surface area contributed by atoms with Gasteiger partial charge in [0.05, 0.1) is 26.4 Å². The third-order valence-corrected chi connectivity index (χ3v) is 5.39. The van der Waals surface area contributed by atoms with Gasteiger partial charge < -0.3 is 35.4 Å². The van der Waals surface area contributed by atoms with Crippen LogP contribution in [0.3, 0.4) is 0 Å². The summed E-state index contributed by atoms with van der Waals surface area (Å²) in [4.78, 5) is 22.1. The quantitative estimate of drug-likeness (QED) is 0.116. The third-order valence-electron chi connectivity index (χ3n) is 5.39. The number of nitrogens with zero attached hydrogens (tertiary/aromatic N) is 4. The van der Waals surface area contributed by atoms with Crippen LogP contribution in [0.15, 0.2) is 48.5 Å². The first-order valence-corrected chi connectivity index (χ1v) is 11.2. The van der Waals surface area contributed by atoms with Crippen LogP contribution in [0.5, 0.6) is 0 Å². The van der Waals surface area contributed by atoms with Crippen molar-refractivity contribution in [1.29, 1.82) is 0 Å². The summed E-state index contributed by atoms with van der Waals surface area (Å²) >= 11 is 0. The lowest BCUT2D eigenvalue weighted by molar-refractivity contribution is -0.495. The lowest BCUT2D eigenvalue weighted by atomic mass is 10.0. The van der Waals surface area contributed by atoms with Crippen molar-refractivity contribution in [3.63, 3.8) is 0 Å². The third kappa shape index (κ3) is 8.29. The van der Waals surface area contributed by atoms with Gasteiger partial charge in [0.2, 0.25) is 0 Å². The van der Waals surface area contributed by atoms with Gasteiger partial charge in [0.1, 0.15) is 48.9 Å².